The zero-order chi connectivity index (χ0) is 17.7. The lowest BCUT2D eigenvalue weighted by molar-refractivity contribution is 0.454. The van der Waals surface area contributed by atoms with Crippen LogP contribution in [0.15, 0.2) is 33.9 Å². The molecule has 4 aromatic rings. The fourth-order valence-electron chi connectivity index (χ4n) is 2.92. The van der Waals surface area contributed by atoms with E-state index >= 15 is 0 Å². The van der Waals surface area contributed by atoms with Crippen molar-refractivity contribution in [3.63, 3.8) is 0 Å². The third kappa shape index (κ3) is 2.03. The maximum Gasteiger partial charge on any atom is 0.326 e. The lowest BCUT2D eigenvalue weighted by atomic mass is 10.1. The summed E-state index contributed by atoms with van der Waals surface area (Å²) in [5, 5.41) is 19.5. The molecular weight excluding hydrogens is 322 g/mol. The van der Waals surface area contributed by atoms with Crippen molar-refractivity contribution in [3.8, 4) is 11.9 Å². The molecule has 1 aromatic carbocycles. The van der Waals surface area contributed by atoms with Gasteiger partial charge in [0.2, 0.25) is 5.88 Å². The van der Waals surface area contributed by atoms with Crippen molar-refractivity contribution in [2.75, 3.05) is 0 Å². The van der Waals surface area contributed by atoms with E-state index in [0.29, 0.717) is 16.6 Å². The molecule has 0 bridgehead atoms. The van der Waals surface area contributed by atoms with Gasteiger partial charge in [0.1, 0.15) is 11.8 Å². The number of aromatic nitrogens is 4. The minimum absolute atomic E-state index is 0.0675. The fourth-order valence-corrected chi connectivity index (χ4v) is 2.92. The Morgan fingerprint density at radius 1 is 1.28 bits per heavy atom. The minimum atomic E-state index is -0.594. The van der Waals surface area contributed by atoms with Gasteiger partial charge < -0.3 is 10.1 Å². The van der Waals surface area contributed by atoms with Crippen LogP contribution in [0, 0.1) is 18.3 Å². The van der Waals surface area contributed by atoms with Gasteiger partial charge >= 0.3 is 5.69 Å². The van der Waals surface area contributed by atoms with Gasteiger partial charge in [-0.2, -0.15) is 5.26 Å². The molecule has 0 saturated heterocycles. The van der Waals surface area contributed by atoms with Crippen LogP contribution in [-0.2, 0) is 0 Å². The number of nitrogens with zero attached hydrogens (tertiary/aromatic N) is 3. The van der Waals surface area contributed by atoms with Crippen LogP contribution in [0.4, 0.5) is 0 Å². The molecular formula is C17H11N5O3. The van der Waals surface area contributed by atoms with E-state index in [0.717, 1.165) is 0 Å². The van der Waals surface area contributed by atoms with Crippen molar-refractivity contribution in [1.29, 1.82) is 5.26 Å². The summed E-state index contributed by atoms with van der Waals surface area (Å²) in [6.45, 7) is 1.63. The number of aromatic amines is 2. The SMILES string of the molecule is Cc1c(C#N)c2nc3ccccc3n2c(=O)/c1=C/c1[nH]c(=O)[nH]c1O. The van der Waals surface area contributed by atoms with E-state index in [1.807, 2.05) is 0 Å². The van der Waals surface area contributed by atoms with E-state index in [1.54, 1.807) is 31.2 Å². The number of pyridine rings is 1. The lowest BCUT2D eigenvalue weighted by Crippen LogP contribution is -2.34. The molecule has 0 saturated carbocycles. The van der Waals surface area contributed by atoms with Crippen LogP contribution in [0.3, 0.4) is 0 Å². The Hall–Kier alpha value is -3.86. The standard InChI is InChI=1S/C17H11N5O3/c1-8-9(6-12-15(23)21-17(25)20-12)16(24)22-13-5-3-2-4-11(13)19-14(22)10(8)7-18/h2-6,23H,1H3,(H2,20,21,25)/b9-6+. The molecule has 0 atom stereocenters. The van der Waals surface area contributed by atoms with E-state index in [2.05, 4.69) is 21.0 Å². The Morgan fingerprint density at radius 2 is 2.04 bits per heavy atom. The fraction of sp³-hybridized carbons (Fsp3) is 0.0588. The van der Waals surface area contributed by atoms with Crippen molar-refractivity contribution >= 4 is 22.8 Å². The van der Waals surface area contributed by atoms with Crippen LogP contribution in [0.25, 0.3) is 22.8 Å². The second kappa shape index (κ2) is 5.07. The normalized spacial score (nSPS) is 12.1. The summed E-state index contributed by atoms with van der Waals surface area (Å²) in [7, 11) is 0. The molecule has 0 aliphatic heterocycles. The Labute approximate surface area is 139 Å². The number of H-pyrrole nitrogens is 2. The Kier molecular flexibility index (Phi) is 2.99. The summed E-state index contributed by atoms with van der Waals surface area (Å²) in [5.41, 5.74) is 1.25. The minimum Gasteiger partial charge on any atom is -0.493 e. The third-order valence-electron chi connectivity index (χ3n) is 4.13. The number of nitrogens with one attached hydrogen (secondary N) is 2. The van der Waals surface area contributed by atoms with Gasteiger partial charge in [0.25, 0.3) is 5.56 Å². The Morgan fingerprint density at radius 3 is 2.72 bits per heavy atom. The van der Waals surface area contributed by atoms with Crippen molar-refractivity contribution in [3.05, 3.63) is 67.1 Å². The average molecular weight is 333 g/mol. The number of hydrogen-bond donors (Lipinski definition) is 3. The second-order valence-electron chi connectivity index (χ2n) is 5.58. The van der Waals surface area contributed by atoms with Crippen molar-refractivity contribution in [2.24, 2.45) is 0 Å². The van der Waals surface area contributed by atoms with Crippen molar-refractivity contribution in [1.82, 2.24) is 19.4 Å². The highest BCUT2D eigenvalue weighted by Crippen LogP contribution is 2.18. The molecule has 0 aliphatic carbocycles. The molecule has 8 heteroatoms. The first-order valence-electron chi connectivity index (χ1n) is 7.38. The number of fused-ring (bicyclic) bond motifs is 3. The number of hydrogen-bond acceptors (Lipinski definition) is 5. The number of para-hydroxylation sites is 2. The van der Waals surface area contributed by atoms with Gasteiger partial charge in [0.05, 0.1) is 16.6 Å². The summed E-state index contributed by atoms with van der Waals surface area (Å²) in [6, 6.07) is 9.17. The number of nitriles is 1. The van der Waals surface area contributed by atoms with Gasteiger partial charge in [-0.3, -0.25) is 14.2 Å². The summed E-state index contributed by atoms with van der Waals surface area (Å²) in [4.78, 5) is 33.3. The highest BCUT2D eigenvalue weighted by atomic mass is 16.3. The van der Waals surface area contributed by atoms with Crippen LogP contribution in [-0.4, -0.2) is 24.5 Å². The summed E-state index contributed by atoms with van der Waals surface area (Å²) >= 11 is 0. The number of aromatic hydroxyl groups is 1. The largest absolute Gasteiger partial charge is 0.493 e. The van der Waals surface area contributed by atoms with E-state index in [-0.39, 0.29) is 33.6 Å². The second-order valence-corrected chi connectivity index (χ2v) is 5.58. The molecule has 3 heterocycles. The van der Waals surface area contributed by atoms with E-state index < -0.39 is 5.69 Å². The number of imidazole rings is 2. The van der Waals surface area contributed by atoms with Crippen molar-refractivity contribution in [2.45, 2.75) is 6.92 Å². The Balaban J connectivity index is 2.25. The first kappa shape index (κ1) is 14.7. The average Bonchev–Trinajstić information content (AvgIpc) is 3.11. The first-order chi connectivity index (χ1) is 12.0. The maximum atomic E-state index is 13.0. The first-order valence-corrected chi connectivity index (χ1v) is 7.38. The van der Waals surface area contributed by atoms with Gasteiger partial charge in [-0.05, 0) is 30.7 Å². The zero-order valence-corrected chi connectivity index (χ0v) is 13.0. The highest BCUT2D eigenvalue weighted by molar-refractivity contribution is 5.82. The van der Waals surface area contributed by atoms with Crippen LogP contribution < -0.4 is 16.5 Å². The molecule has 0 amide bonds. The van der Waals surface area contributed by atoms with Gasteiger partial charge in [-0.1, -0.05) is 12.1 Å². The molecule has 0 unspecified atom stereocenters. The molecule has 0 aliphatic rings. The molecule has 3 aromatic heterocycles. The quantitative estimate of drug-likeness (QED) is 0.461. The topological polar surface area (TPSA) is 127 Å². The van der Waals surface area contributed by atoms with Gasteiger partial charge in [-0.15, -0.1) is 0 Å². The van der Waals surface area contributed by atoms with E-state index in [9.17, 15) is 20.0 Å². The van der Waals surface area contributed by atoms with E-state index in [1.165, 1.54) is 10.5 Å². The summed E-state index contributed by atoms with van der Waals surface area (Å²) < 4.78 is 1.37. The van der Waals surface area contributed by atoms with Crippen LogP contribution in [0.1, 0.15) is 16.8 Å². The van der Waals surface area contributed by atoms with Gasteiger partial charge in [0, 0.05) is 5.22 Å². The molecule has 122 valence electrons. The lowest BCUT2D eigenvalue weighted by Gasteiger charge is -2.02. The number of rotatable bonds is 1. The predicted molar refractivity (Wildman–Crippen MR) is 90.3 cm³/mol. The predicted octanol–water partition coefficient (Wildman–Crippen LogP) is 0.297. The molecule has 0 radical (unpaired) electrons. The smallest absolute Gasteiger partial charge is 0.326 e. The molecule has 3 N–H and O–H groups in total. The van der Waals surface area contributed by atoms with Crippen LogP contribution >= 0.6 is 0 Å². The monoisotopic (exact) mass is 333 g/mol. The van der Waals surface area contributed by atoms with Crippen molar-refractivity contribution < 1.29 is 5.11 Å². The third-order valence-corrected chi connectivity index (χ3v) is 4.13. The molecule has 8 nitrogen and oxygen atoms in total. The molecule has 0 fully saturated rings. The molecule has 25 heavy (non-hydrogen) atoms. The Bertz CT molecular complexity index is 1370. The molecule has 4 rings (SSSR count). The highest BCUT2D eigenvalue weighted by Gasteiger charge is 2.16. The number of benzene rings is 1. The summed E-state index contributed by atoms with van der Waals surface area (Å²) in [6.07, 6.45) is 1.35. The zero-order valence-electron chi connectivity index (χ0n) is 13.0. The summed E-state index contributed by atoms with van der Waals surface area (Å²) in [5.74, 6) is -0.377. The van der Waals surface area contributed by atoms with Gasteiger partial charge in [-0.25, -0.2) is 9.78 Å². The van der Waals surface area contributed by atoms with Crippen LogP contribution in [0.2, 0.25) is 0 Å². The van der Waals surface area contributed by atoms with Crippen LogP contribution in [0.5, 0.6) is 5.88 Å². The van der Waals surface area contributed by atoms with E-state index in [4.69, 9.17) is 0 Å². The van der Waals surface area contributed by atoms with Gasteiger partial charge in [0.15, 0.2) is 5.65 Å². The molecule has 0 spiro atoms. The maximum absolute atomic E-state index is 13.0.